The Morgan fingerprint density at radius 1 is 1.56 bits per heavy atom. The van der Waals surface area contributed by atoms with E-state index in [9.17, 15) is 13.8 Å². The third-order valence-electron chi connectivity index (χ3n) is 3.16. The van der Waals surface area contributed by atoms with Gasteiger partial charge in [0.1, 0.15) is 0 Å². The van der Waals surface area contributed by atoms with Crippen LogP contribution in [0.5, 0.6) is 0 Å². The summed E-state index contributed by atoms with van der Waals surface area (Å²) >= 11 is 0. The second kappa shape index (κ2) is 6.72. The molecule has 0 aliphatic carbocycles. The van der Waals surface area contributed by atoms with Crippen LogP contribution in [-0.4, -0.2) is 56.9 Å². The van der Waals surface area contributed by atoms with E-state index in [0.717, 1.165) is 12.8 Å². The molecule has 0 radical (unpaired) electrons. The molecule has 1 fully saturated rings. The average molecular weight is 276 g/mol. The number of carboxylic acids is 1. The monoisotopic (exact) mass is 276 g/mol. The van der Waals surface area contributed by atoms with Crippen molar-refractivity contribution >= 4 is 22.8 Å². The highest BCUT2D eigenvalue weighted by atomic mass is 32.2. The lowest BCUT2D eigenvalue weighted by molar-refractivity contribution is -0.137. The van der Waals surface area contributed by atoms with Crippen LogP contribution in [0.4, 0.5) is 4.79 Å². The average Bonchev–Trinajstić information content (AvgIpc) is 2.72. The van der Waals surface area contributed by atoms with Gasteiger partial charge in [-0.3, -0.25) is 9.00 Å². The highest BCUT2D eigenvalue weighted by molar-refractivity contribution is 7.84. The van der Waals surface area contributed by atoms with Gasteiger partial charge in [-0.25, -0.2) is 4.79 Å². The van der Waals surface area contributed by atoms with E-state index in [1.54, 1.807) is 18.1 Å². The number of hydrogen-bond acceptors (Lipinski definition) is 3. The van der Waals surface area contributed by atoms with Crippen molar-refractivity contribution in [2.24, 2.45) is 0 Å². The first-order valence-electron chi connectivity index (χ1n) is 6.00. The van der Waals surface area contributed by atoms with E-state index in [4.69, 9.17) is 5.11 Å². The fourth-order valence-electron chi connectivity index (χ4n) is 1.97. The molecule has 6 nitrogen and oxygen atoms in total. The van der Waals surface area contributed by atoms with Crippen molar-refractivity contribution in [2.75, 3.05) is 19.3 Å². The maximum atomic E-state index is 11.9. The third kappa shape index (κ3) is 4.29. The largest absolute Gasteiger partial charge is 0.481 e. The summed E-state index contributed by atoms with van der Waals surface area (Å²) < 4.78 is 11.2. The van der Waals surface area contributed by atoms with Crippen LogP contribution < -0.4 is 5.32 Å². The molecule has 104 valence electrons. The van der Waals surface area contributed by atoms with Crippen molar-refractivity contribution in [3.05, 3.63) is 0 Å². The number of carbonyl (C=O) groups is 2. The summed E-state index contributed by atoms with van der Waals surface area (Å²) in [6.45, 7) is 2.74. The van der Waals surface area contributed by atoms with Gasteiger partial charge in [0, 0.05) is 41.4 Å². The molecule has 0 spiro atoms. The summed E-state index contributed by atoms with van der Waals surface area (Å²) in [4.78, 5) is 24.1. The Labute approximate surface area is 109 Å². The van der Waals surface area contributed by atoms with E-state index in [1.807, 2.05) is 0 Å². The van der Waals surface area contributed by atoms with Gasteiger partial charge in [0.15, 0.2) is 0 Å². The zero-order valence-electron chi connectivity index (χ0n) is 10.7. The number of urea groups is 1. The number of hydrogen-bond donors (Lipinski definition) is 2. The van der Waals surface area contributed by atoms with Gasteiger partial charge in [0.25, 0.3) is 0 Å². The Morgan fingerprint density at radius 2 is 2.22 bits per heavy atom. The highest BCUT2D eigenvalue weighted by Gasteiger charge is 2.30. The van der Waals surface area contributed by atoms with Gasteiger partial charge in [-0.1, -0.05) is 0 Å². The maximum absolute atomic E-state index is 11.9. The number of likely N-dealkylation sites (tertiary alicyclic amines) is 1. The summed E-state index contributed by atoms with van der Waals surface area (Å²) in [5, 5.41) is 11.4. The molecule has 0 aromatic heterocycles. The number of rotatable bonds is 5. The Balaban J connectivity index is 2.45. The zero-order valence-corrected chi connectivity index (χ0v) is 11.5. The van der Waals surface area contributed by atoms with Crippen LogP contribution >= 0.6 is 0 Å². The van der Waals surface area contributed by atoms with Crippen molar-refractivity contribution in [3.63, 3.8) is 0 Å². The first-order valence-corrected chi connectivity index (χ1v) is 7.62. The van der Waals surface area contributed by atoms with Gasteiger partial charge in [-0.2, -0.15) is 0 Å². The number of nitrogens with one attached hydrogen (secondary N) is 1. The van der Waals surface area contributed by atoms with Crippen LogP contribution in [0, 0.1) is 0 Å². The Hall–Kier alpha value is -1.11. The fraction of sp³-hybridized carbons (Fsp3) is 0.818. The highest BCUT2D eigenvalue weighted by Crippen LogP contribution is 2.19. The quantitative estimate of drug-likeness (QED) is 0.761. The maximum Gasteiger partial charge on any atom is 0.317 e. The van der Waals surface area contributed by atoms with E-state index < -0.39 is 16.8 Å². The van der Waals surface area contributed by atoms with Crippen LogP contribution in [0.25, 0.3) is 0 Å². The second-order valence-corrected chi connectivity index (χ2v) is 6.38. The molecule has 1 saturated heterocycles. The van der Waals surface area contributed by atoms with E-state index in [0.29, 0.717) is 13.1 Å². The number of carboxylic acid groups (broad SMARTS) is 1. The number of amides is 2. The molecule has 1 heterocycles. The molecule has 0 bridgehead atoms. The molecule has 0 saturated carbocycles. The molecule has 1 aliphatic heterocycles. The van der Waals surface area contributed by atoms with Gasteiger partial charge >= 0.3 is 12.0 Å². The smallest absolute Gasteiger partial charge is 0.317 e. The topological polar surface area (TPSA) is 86.7 Å². The summed E-state index contributed by atoms with van der Waals surface area (Å²) in [5.74, 6) is -0.886. The molecule has 3 unspecified atom stereocenters. The van der Waals surface area contributed by atoms with Gasteiger partial charge in [0.2, 0.25) is 0 Å². The molecular formula is C11H20N2O4S. The lowest BCUT2D eigenvalue weighted by Crippen LogP contribution is -2.45. The molecular weight excluding hydrogens is 256 g/mol. The van der Waals surface area contributed by atoms with Gasteiger partial charge in [0.05, 0.1) is 6.42 Å². The summed E-state index contributed by atoms with van der Waals surface area (Å²) in [5.41, 5.74) is 0. The molecule has 1 aliphatic rings. The van der Waals surface area contributed by atoms with Crippen molar-refractivity contribution in [1.82, 2.24) is 10.2 Å². The normalized spacial score (nSPS) is 22.6. The number of aliphatic carboxylic acids is 1. The van der Waals surface area contributed by atoms with Crippen LogP contribution in [0.2, 0.25) is 0 Å². The second-order valence-electron chi connectivity index (χ2n) is 4.58. The Bertz CT molecular complexity index is 348. The third-order valence-corrected chi connectivity index (χ3v) is 4.46. The lowest BCUT2D eigenvalue weighted by atomic mass is 10.1. The SMILES string of the molecule is CC(CNC(=O)N1CCCC1CC(=O)O)S(C)=O. The predicted octanol–water partition coefficient (Wildman–Crippen LogP) is 0.402. The summed E-state index contributed by atoms with van der Waals surface area (Å²) in [7, 11) is -0.973. The Kier molecular flexibility index (Phi) is 5.58. The van der Waals surface area contributed by atoms with Crippen LogP contribution in [0.3, 0.4) is 0 Å². The molecule has 18 heavy (non-hydrogen) atoms. The van der Waals surface area contributed by atoms with Gasteiger partial charge < -0.3 is 15.3 Å². The number of carbonyl (C=O) groups excluding carboxylic acids is 1. The fourth-order valence-corrected chi connectivity index (χ4v) is 2.28. The minimum Gasteiger partial charge on any atom is -0.481 e. The minimum absolute atomic E-state index is 0.0112. The lowest BCUT2D eigenvalue weighted by Gasteiger charge is -2.24. The standard InChI is InChI=1S/C11H20N2O4S/c1-8(18(2)17)7-12-11(16)13-5-3-4-9(13)6-10(14)15/h8-9H,3-7H2,1-2H3,(H,12,16)(H,14,15). The minimum atomic E-state index is -0.973. The molecule has 2 N–H and O–H groups in total. The molecule has 1 rings (SSSR count). The van der Waals surface area contributed by atoms with E-state index >= 15 is 0 Å². The summed E-state index contributed by atoms with van der Waals surface area (Å²) in [6, 6.07) is -0.471. The molecule has 3 atom stereocenters. The van der Waals surface area contributed by atoms with Crippen molar-refractivity contribution in [1.29, 1.82) is 0 Å². The summed E-state index contributed by atoms with van der Waals surface area (Å²) in [6.07, 6.45) is 3.15. The van der Waals surface area contributed by atoms with E-state index in [2.05, 4.69) is 5.32 Å². The van der Waals surface area contributed by atoms with Crippen LogP contribution in [0.1, 0.15) is 26.2 Å². The molecule has 0 aromatic rings. The van der Waals surface area contributed by atoms with Crippen molar-refractivity contribution in [2.45, 2.75) is 37.5 Å². The van der Waals surface area contributed by atoms with E-state index in [-0.39, 0.29) is 23.7 Å². The van der Waals surface area contributed by atoms with Gasteiger partial charge in [-0.15, -0.1) is 0 Å². The predicted molar refractivity (Wildman–Crippen MR) is 68.9 cm³/mol. The Morgan fingerprint density at radius 3 is 2.78 bits per heavy atom. The molecule has 0 aromatic carbocycles. The molecule has 2 amide bonds. The van der Waals surface area contributed by atoms with Crippen LogP contribution in [0.15, 0.2) is 0 Å². The first kappa shape index (κ1) is 14.9. The first-order chi connectivity index (χ1) is 8.41. The number of nitrogens with zero attached hydrogens (tertiary/aromatic N) is 1. The van der Waals surface area contributed by atoms with Crippen molar-refractivity contribution in [3.8, 4) is 0 Å². The zero-order chi connectivity index (χ0) is 13.7. The van der Waals surface area contributed by atoms with Crippen LogP contribution in [-0.2, 0) is 15.6 Å². The van der Waals surface area contributed by atoms with E-state index in [1.165, 1.54) is 0 Å². The molecule has 7 heteroatoms. The van der Waals surface area contributed by atoms with Crippen molar-refractivity contribution < 1.29 is 18.9 Å². The van der Waals surface area contributed by atoms with Gasteiger partial charge in [-0.05, 0) is 19.8 Å².